The van der Waals surface area contributed by atoms with Gasteiger partial charge < -0.3 is 19.5 Å². The molecule has 2 heterocycles. The Hall–Kier alpha value is -3.06. The third-order valence-electron chi connectivity index (χ3n) is 7.11. The monoisotopic (exact) mass is 435 g/mol. The molecule has 3 aromatic rings. The predicted molar refractivity (Wildman–Crippen MR) is 123 cm³/mol. The Bertz CT molecular complexity index is 1210. The third-order valence-corrected chi connectivity index (χ3v) is 7.11. The summed E-state index contributed by atoms with van der Waals surface area (Å²) in [5.74, 6) is 3.16. The highest BCUT2D eigenvalue weighted by atomic mass is 16.5. The van der Waals surface area contributed by atoms with Crippen LogP contribution in [0.25, 0.3) is 10.9 Å². The van der Waals surface area contributed by atoms with Crippen molar-refractivity contribution in [2.45, 2.75) is 37.8 Å². The molecule has 2 aliphatic rings. The molecule has 5 rings (SSSR count). The molecule has 3 unspecified atom stereocenters. The fourth-order valence-corrected chi connectivity index (χ4v) is 5.53. The quantitative estimate of drug-likeness (QED) is 0.641. The zero-order valence-corrected chi connectivity index (χ0v) is 18.8. The molecule has 168 valence electrons. The largest absolute Gasteiger partial charge is 0.496 e. The molecule has 1 aromatic heterocycles. The smallest absolute Gasteiger partial charge is 0.261 e. The minimum absolute atomic E-state index is 0.0591. The van der Waals surface area contributed by atoms with Crippen LogP contribution < -0.4 is 25.1 Å². The molecule has 0 saturated carbocycles. The van der Waals surface area contributed by atoms with Crippen LogP contribution in [0, 0.1) is 5.92 Å². The number of nitrogens with one attached hydrogen (secondary N) is 1. The molecule has 2 aromatic carbocycles. The predicted octanol–water partition coefficient (Wildman–Crippen LogP) is 3.13. The van der Waals surface area contributed by atoms with Gasteiger partial charge in [-0.3, -0.25) is 9.36 Å². The number of hydrogen-bond donors (Lipinski definition) is 1. The molecule has 0 radical (unpaired) electrons. The summed E-state index contributed by atoms with van der Waals surface area (Å²) in [6.45, 7) is 1.63. The van der Waals surface area contributed by atoms with Gasteiger partial charge in [-0.15, -0.1) is 0 Å². The van der Waals surface area contributed by atoms with E-state index >= 15 is 0 Å². The van der Waals surface area contributed by atoms with Crippen molar-refractivity contribution in [3.8, 4) is 17.2 Å². The Labute approximate surface area is 187 Å². The van der Waals surface area contributed by atoms with E-state index in [9.17, 15) is 4.79 Å². The first-order valence-electron chi connectivity index (χ1n) is 11.1. The zero-order chi connectivity index (χ0) is 22.2. The molecule has 0 amide bonds. The van der Waals surface area contributed by atoms with Crippen molar-refractivity contribution < 1.29 is 14.2 Å². The molecule has 7 heteroatoms. The number of rotatable bonds is 6. The Morgan fingerprint density at radius 3 is 2.66 bits per heavy atom. The molecular weight excluding hydrogens is 406 g/mol. The summed E-state index contributed by atoms with van der Waals surface area (Å²) in [5, 5.41) is 4.26. The van der Waals surface area contributed by atoms with Gasteiger partial charge in [0.25, 0.3) is 5.56 Å². The number of aryl methyl sites for hydroxylation is 1. The van der Waals surface area contributed by atoms with Gasteiger partial charge in [0.15, 0.2) is 11.5 Å². The Kier molecular flexibility index (Phi) is 5.51. The molecule has 3 atom stereocenters. The number of benzene rings is 2. The van der Waals surface area contributed by atoms with Gasteiger partial charge in [-0.2, -0.15) is 0 Å². The number of aromatic nitrogens is 2. The van der Waals surface area contributed by atoms with E-state index in [4.69, 9.17) is 14.2 Å². The van der Waals surface area contributed by atoms with Crippen LogP contribution in [-0.2, 0) is 13.0 Å². The highest BCUT2D eigenvalue weighted by Crippen LogP contribution is 2.45. The van der Waals surface area contributed by atoms with Crippen molar-refractivity contribution in [2.75, 3.05) is 27.9 Å². The van der Waals surface area contributed by atoms with E-state index < -0.39 is 0 Å². The Morgan fingerprint density at radius 2 is 1.88 bits per heavy atom. The van der Waals surface area contributed by atoms with Crippen molar-refractivity contribution in [1.82, 2.24) is 14.9 Å². The van der Waals surface area contributed by atoms with E-state index in [1.165, 1.54) is 17.5 Å². The van der Waals surface area contributed by atoms with E-state index in [0.717, 1.165) is 25.1 Å². The van der Waals surface area contributed by atoms with Crippen LogP contribution in [0.3, 0.4) is 0 Å². The highest BCUT2D eigenvalue weighted by molar-refractivity contribution is 5.81. The van der Waals surface area contributed by atoms with Gasteiger partial charge >= 0.3 is 0 Å². The topological polar surface area (TPSA) is 74.6 Å². The average Bonchev–Trinajstić information content (AvgIpc) is 3.26. The van der Waals surface area contributed by atoms with Gasteiger partial charge in [-0.1, -0.05) is 12.1 Å². The van der Waals surface area contributed by atoms with Crippen LogP contribution >= 0.6 is 0 Å². The first-order valence-corrected chi connectivity index (χ1v) is 11.1. The van der Waals surface area contributed by atoms with Crippen LogP contribution in [0.4, 0.5) is 0 Å². The second kappa shape index (κ2) is 8.47. The fourth-order valence-electron chi connectivity index (χ4n) is 5.53. The van der Waals surface area contributed by atoms with Crippen molar-refractivity contribution >= 4 is 10.9 Å². The third kappa shape index (κ3) is 3.41. The normalized spacial score (nSPS) is 21.8. The van der Waals surface area contributed by atoms with Gasteiger partial charge in [-0.05, 0) is 55.0 Å². The Balaban J connectivity index is 1.41. The van der Waals surface area contributed by atoms with Crippen molar-refractivity contribution in [3.63, 3.8) is 0 Å². The average molecular weight is 436 g/mol. The molecule has 1 saturated heterocycles. The molecule has 0 bridgehead atoms. The van der Waals surface area contributed by atoms with Gasteiger partial charge in [0.2, 0.25) is 0 Å². The lowest BCUT2D eigenvalue weighted by Crippen LogP contribution is -2.31. The minimum atomic E-state index is -0.0591. The number of nitrogens with zero attached hydrogens (tertiary/aromatic N) is 2. The molecule has 0 spiro atoms. The van der Waals surface area contributed by atoms with Gasteiger partial charge in [0.1, 0.15) is 5.75 Å². The zero-order valence-electron chi connectivity index (χ0n) is 18.8. The van der Waals surface area contributed by atoms with Crippen LogP contribution in [0.5, 0.6) is 17.2 Å². The van der Waals surface area contributed by atoms with Crippen LogP contribution in [-0.4, -0.2) is 43.5 Å². The summed E-state index contributed by atoms with van der Waals surface area (Å²) >= 11 is 0. The van der Waals surface area contributed by atoms with E-state index in [2.05, 4.69) is 28.5 Å². The van der Waals surface area contributed by atoms with Gasteiger partial charge in [0, 0.05) is 24.6 Å². The molecule has 1 aliphatic carbocycles. The summed E-state index contributed by atoms with van der Waals surface area (Å²) < 4.78 is 18.0. The maximum absolute atomic E-state index is 13.2. The number of hydrogen-bond acceptors (Lipinski definition) is 6. The maximum atomic E-state index is 13.2. The molecule has 32 heavy (non-hydrogen) atoms. The van der Waals surface area contributed by atoms with Gasteiger partial charge in [0.05, 0.1) is 38.6 Å². The fraction of sp³-hybridized carbons (Fsp3) is 0.440. The molecular formula is C25H29N3O4. The summed E-state index contributed by atoms with van der Waals surface area (Å²) in [5.41, 5.74) is 3.29. The SMILES string of the molecule is COc1cc2ncn(CCC3NCC4CCc5c(OC)cccc5C43)c(=O)c2cc1OC. The second-order valence-electron chi connectivity index (χ2n) is 8.62. The minimum Gasteiger partial charge on any atom is -0.496 e. The number of ether oxygens (including phenoxy) is 3. The summed E-state index contributed by atoms with van der Waals surface area (Å²) in [6, 6.07) is 10.2. The molecule has 7 nitrogen and oxygen atoms in total. The van der Waals surface area contributed by atoms with Crippen LogP contribution in [0.15, 0.2) is 41.5 Å². The summed E-state index contributed by atoms with van der Waals surface area (Å²) in [6.07, 6.45) is 4.73. The summed E-state index contributed by atoms with van der Waals surface area (Å²) in [4.78, 5) is 17.7. The van der Waals surface area contributed by atoms with E-state index in [1.807, 2.05) is 0 Å². The summed E-state index contributed by atoms with van der Waals surface area (Å²) in [7, 11) is 4.89. The van der Waals surface area contributed by atoms with Crippen molar-refractivity contribution in [3.05, 3.63) is 58.1 Å². The molecule has 1 N–H and O–H groups in total. The lowest BCUT2D eigenvalue weighted by molar-refractivity contribution is 0.355. The highest BCUT2D eigenvalue weighted by Gasteiger charge is 2.40. The molecule has 1 aliphatic heterocycles. The second-order valence-corrected chi connectivity index (χ2v) is 8.62. The standard InChI is InChI=1S/C25H29N3O4/c1-30-21-6-4-5-17-16(21)8-7-15-13-26-19(24(15)17)9-10-28-14-27-20-12-23(32-3)22(31-2)11-18(20)25(28)29/h4-6,11-12,14-15,19,24,26H,7-10,13H2,1-3H3. The molecule has 1 fully saturated rings. The van der Waals surface area contributed by atoms with Gasteiger partial charge in [-0.25, -0.2) is 4.98 Å². The lowest BCUT2D eigenvalue weighted by atomic mass is 9.73. The van der Waals surface area contributed by atoms with Crippen molar-refractivity contribution in [2.24, 2.45) is 5.92 Å². The van der Waals surface area contributed by atoms with E-state index in [0.29, 0.717) is 46.8 Å². The van der Waals surface area contributed by atoms with Crippen LogP contribution in [0.2, 0.25) is 0 Å². The van der Waals surface area contributed by atoms with E-state index in [1.54, 1.807) is 44.4 Å². The lowest BCUT2D eigenvalue weighted by Gasteiger charge is -2.32. The number of methoxy groups -OCH3 is 3. The van der Waals surface area contributed by atoms with Crippen LogP contribution in [0.1, 0.15) is 29.9 Å². The number of fused-ring (bicyclic) bond motifs is 4. The van der Waals surface area contributed by atoms with Crippen molar-refractivity contribution in [1.29, 1.82) is 0 Å². The Morgan fingerprint density at radius 1 is 1.09 bits per heavy atom. The maximum Gasteiger partial charge on any atom is 0.261 e. The first kappa shape index (κ1) is 20.8. The first-order chi connectivity index (χ1) is 15.6. The van der Waals surface area contributed by atoms with E-state index in [-0.39, 0.29) is 5.56 Å².